The molecule has 1 amide bonds. The number of rotatable bonds is 5. The van der Waals surface area contributed by atoms with E-state index in [1.165, 1.54) is 0 Å². The first-order chi connectivity index (χ1) is 13.1. The predicted molar refractivity (Wildman–Crippen MR) is 106 cm³/mol. The summed E-state index contributed by atoms with van der Waals surface area (Å²) in [6.07, 6.45) is 2.77. The van der Waals surface area contributed by atoms with Crippen LogP contribution >= 0.6 is 11.3 Å². The molecule has 6 nitrogen and oxygen atoms in total. The number of nitrogens with zero attached hydrogens (tertiary/aromatic N) is 3. The van der Waals surface area contributed by atoms with Crippen molar-refractivity contribution in [1.82, 2.24) is 15.1 Å². The van der Waals surface area contributed by atoms with Crippen molar-refractivity contribution >= 4 is 33.3 Å². The Hall–Kier alpha value is -3.06. The standard InChI is InChI=1S/C20H18N4O2S/c1-12-16(13(2)26-24-12)9-10-18(25)22-15-7-5-14(6-8-15)19-23-17-4-3-11-21-20(17)27-19/h3-8,11H,9-10H2,1-2H3,(H,22,25). The quantitative estimate of drug-likeness (QED) is 0.552. The number of benzene rings is 1. The first kappa shape index (κ1) is 17.4. The highest BCUT2D eigenvalue weighted by atomic mass is 32.1. The van der Waals surface area contributed by atoms with Crippen LogP contribution in [-0.2, 0) is 11.2 Å². The van der Waals surface area contributed by atoms with Crippen molar-refractivity contribution in [2.75, 3.05) is 5.32 Å². The number of thiazole rings is 1. The number of hydrogen-bond acceptors (Lipinski definition) is 6. The Morgan fingerprint density at radius 2 is 2.00 bits per heavy atom. The van der Waals surface area contributed by atoms with E-state index in [9.17, 15) is 4.79 Å². The van der Waals surface area contributed by atoms with Crippen LogP contribution in [0.5, 0.6) is 0 Å². The molecule has 0 aliphatic carbocycles. The minimum absolute atomic E-state index is 0.0352. The van der Waals surface area contributed by atoms with Gasteiger partial charge in [0.1, 0.15) is 21.1 Å². The number of aryl methyl sites for hydroxylation is 2. The van der Waals surface area contributed by atoms with E-state index in [0.717, 1.165) is 43.6 Å². The Balaban J connectivity index is 1.40. The highest BCUT2D eigenvalue weighted by Gasteiger charge is 2.12. The first-order valence-corrected chi connectivity index (χ1v) is 9.45. The molecule has 7 heteroatoms. The van der Waals surface area contributed by atoms with Crippen molar-refractivity contribution in [3.8, 4) is 10.6 Å². The molecule has 0 fully saturated rings. The van der Waals surface area contributed by atoms with Crippen LogP contribution in [0.3, 0.4) is 0 Å². The molecule has 27 heavy (non-hydrogen) atoms. The number of nitrogens with one attached hydrogen (secondary N) is 1. The molecule has 136 valence electrons. The Bertz CT molecular complexity index is 1050. The van der Waals surface area contributed by atoms with Crippen LogP contribution in [-0.4, -0.2) is 21.0 Å². The summed E-state index contributed by atoms with van der Waals surface area (Å²) in [5.41, 5.74) is 4.52. The molecule has 4 aromatic rings. The Morgan fingerprint density at radius 3 is 2.70 bits per heavy atom. The maximum atomic E-state index is 12.2. The van der Waals surface area contributed by atoms with E-state index in [-0.39, 0.29) is 5.91 Å². The lowest BCUT2D eigenvalue weighted by Crippen LogP contribution is -2.12. The van der Waals surface area contributed by atoms with Crippen LogP contribution in [0.25, 0.3) is 20.9 Å². The van der Waals surface area contributed by atoms with E-state index in [0.29, 0.717) is 12.8 Å². The Morgan fingerprint density at radius 1 is 1.19 bits per heavy atom. The third-order valence-electron chi connectivity index (χ3n) is 4.37. The number of pyridine rings is 1. The molecule has 0 atom stereocenters. The zero-order valence-corrected chi connectivity index (χ0v) is 15.8. The monoisotopic (exact) mass is 378 g/mol. The fourth-order valence-corrected chi connectivity index (χ4v) is 3.82. The summed E-state index contributed by atoms with van der Waals surface area (Å²) < 4.78 is 5.13. The molecule has 0 spiro atoms. The molecule has 0 unspecified atom stereocenters. The van der Waals surface area contributed by atoms with Gasteiger partial charge in [0.25, 0.3) is 0 Å². The summed E-state index contributed by atoms with van der Waals surface area (Å²) in [5, 5.41) is 7.76. The van der Waals surface area contributed by atoms with Gasteiger partial charge in [-0.05, 0) is 56.7 Å². The Kier molecular flexibility index (Phi) is 4.68. The minimum atomic E-state index is -0.0352. The molecule has 1 N–H and O–H groups in total. The fourth-order valence-electron chi connectivity index (χ4n) is 2.91. The van der Waals surface area contributed by atoms with Crippen molar-refractivity contribution in [3.63, 3.8) is 0 Å². The summed E-state index contributed by atoms with van der Waals surface area (Å²) in [6.45, 7) is 3.75. The van der Waals surface area contributed by atoms with Crippen LogP contribution in [0.1, 0.15) is 23.4 Å². The van der Waals surface area contributed by atoms with Gasteiger partial charge in [0.15, 0.2) is 0 Å². The van der Waals surface area contributed by atoms with E-state index in [1.807, 2.05) is 50.2 Å². The summed E-state index contributed by atoms with van der Waals surface area (Å²) in [5.74, 6) is 0.738. The normalized spacial score (nSPS) is 11.0. The van der Waals surface area contributed by atoms with Crippen LogP contribution in [0.2, 0.25) is 0 Å². The fraction of sp³-hybridized carbons (Fsp3) is 0.200. The lowest BCUT2D eigenvalue weighted by Gasteiger charge is -2.06. The molecule has 0 saturated carbocycles. The van der Waals surface area contributed by atoms with Gasteiger partial charge in [-0.1, -0.05) is 16.5 Å². The van der Waals surface area contributed by atoms with Gasteiger partial charge in [-0.15, -0.1) is 0 Å². The average Bonchev–Trinajstić information content (AvgIpc) is 3.24. The number of fused-ring (bicyclic) bond motifs is 1. The van der Waals surface area contributed by atoms with Gasteiger partial charge in [0.2, 0.25) is 5.91 Å². The first-order valence-electron chi connectivity index (χ1n) is 8.64. The SMILES string of the molecule is Cc1noc(C)c1CCC(=O)Nc1ccc(-c2nc3cccnc3s2)cc1. The number of aromatic nitrogens is 3. The zero-order valence-electron chi connectivity index (χ0n) is 15.0. The number of hydrogen-bond donors (Lipinski definition) is 1. The van der Waals surface area contributed by atoms with E-state index in [2.05, 4.69) is 20.4 Å². The average molecular weight is 378 g/mol. The number of amides is 1. The van der Waals surface area contributed by atoms with E-state index in [1.54, 1.807) is 17.5 Å². The number of carbonyl (C=O) groups excluding carboxylic acids is 1. The molecular weight excluding hydrogens is 360 g/mol. The molecule has 3 heterocycles. The van der Waals surface area contributed by atoms with Crippen molar-refractivity contribution in [3.05, 3.63) is 59.6 Å². The summed E-state index contributed by atoms with van der Waals surface area (Å²) >= 11 is 1.56. The molecule has 1 aromatic carbocycles. The van der Waals surface area contributed by atoms with Gasteiger partial charge < -0.3 is 9.84 Å². The lowest BCUT2D eigenvalue weighted by atomic mass is 10.1. The topological polar surface area (TPSA) is 80.9 Å². The van der Waals surface area contributed by atoms with Gasteiger partial charge in [-0.3, -0.25) is 4.79 Å². The number of anilines is 1. The molecule has 0 saturated heterocycles. The lowest BCUT2D eigenvalue weighted by molar-refractivity contribution is -0.116. The van der Waals surface area contributed by atoms with E-state index >= 15 is 0 Å². The van der Waals surface area contributed by atoms with Gasteiger partial charge >= 0.3 is 0 Å². The number of carbonyl (C=O) groups is 1. The zero-order chi connectivity index (χ0) is 18.8. The second-order valence-electron chi connectivity index (χ2n) is 6.27. The smallest absolute Gasteiger partial charge is 0.224 e. The summed E-state index contributed by atoms with van der Waals surface area (Å²) in [6, 6.07) is 11.5. The van der Waals surface area contributed by atoms with Crippen LogP contribution in [0, 0.1) is 13.8 Å². The molecule has 0 bridgehead atoms. The van der Waals surface area contributed by atoms with Crippen molar-refractivity contribution in [2.24, 2.45) is 0 Å². The maximum absolute atomic E-state index is 12.2. The second-order valence-corrected chi connectivity index (χ2v) is 7.25. The third-order valence-corrected chi connectivity index (χ3v) is 5.39. The highest BCUT2D eigenvalue weighted by molar-refractivity contribution is 7.21. The van der Waals surface area contributed by atoms with Crippen molar-refractivity contribution in [1.29, 1.82) is 0 Å². The highest BCUT2D eigenvalue weighted by Crippen LogP contribution is 2.29. The van der Waals surface area contributed by atoms with Crippen LogP contribution in [0.4, 0.5) is 5.69 Å². The van der Waals surface area contributed by atoms with Crippen molar-refractivity contribution < 1.29 is 9.32 Å². The van der Waals surface area contributed by atoms with E-state index in [4.69, 9.17) is 4.52 Å². The predicted octanol–water partition coefficient (Wildman–Crippen LogP) is 4.53. The largest absolute Gasteiger partial charge is 0.361 e. The maximum Gasteiger partial charge on any atom is 0.224 e. The Labute approximate surface area is 160 Å². The van der Waals surface area contributed by atoms with Crippen LogP contribution in [0.15, 0.2) is 47.1 Å². The van der Waals surface area contributed by atoms with Crippen molar-refractivity contribution in [2.45, 2.75) is 26.7 Å². The molecular formula is C20H18N4O2S. The third kappa shape index (κ3) is 3.73. The minimum Gasteiger partial charge on any atom is -0.361 e. The summed E-state index contributed by atoms with van der Waals surface area (Å²) in [7, 11) is 0. The van der Waals surface area contributed by atoms with Gasteiger partial charge in [-0.2, -0.15) is 0 Å². The molecule has 0 aliphatic heterocycles. The molecule has 4 rings (SSSR count). The van der Waals surface area contributed by atoms with E-state index < -0.39 is 0 Å². The molecule has 3 aromatic heterocycles. The molecule has 0 aliphatic rings. The summed E-state index contributed by atoms with van der Waals surface area (Å²) in [4.78, 5) is 22.1. The van der Waals surface area contributed by atoms with Gasteiger partial charge in [0.05, 0.1) is 5.69 Å². The van der Waals surface area contributed by atoms with Gasteiger partial charge in [-0.25, -0.2) is 9.97 Å². The van der Waals surface area contributed by atoms with Gasteiger partial charge in [0, 0.05) is 29.4 Å². The second kappa shape index (κ2) is 7.28. The molecule has 0 radical (unpaired) electrons. The van der Waals surface area contributed by atoms with Crippen LogP contribution < -0.4 is 5.32 Å².